The monoisotopic (exact) mass is 419 g/mol. The molecule has 2 heterocycles. The fourth-order valence-electron chi connectivity index (χ4n) is 4.36. The van der Waals surface area contributed by atoms with Gasteiger partial charge in [-0.05, 0) is 61.1 Å². The van der Waals surface area contributed by atoms with Crippen LogP contribution in [0.5, 0.6) is 5.75 Å². The Morgan fingerprint density at radius 2 is 1.81 bits per heavy atom. The number of benzene rings is 2. The van der Waals surface area contributed by atoms with Crippen LogP contribution in [0.4, 0.5) is 5.69 Å². The average Bonchev–Trinajstić information content (AvgIpc) is 2.84. The second-order valence-electron chi connectivity index (χ2n) is 8.46. The first-order chi connectivity index (χ1) is 15.2. The van der Waals surface area contributed by atoms with Crippen LogP contribution < -0.4 is 15.0 Å². The maximum Gasteiger partial charge on any atom is 0.247 e. The van der Waals surface area contributed by atoms with Crippen molar-refractivity contribution in [1.29, 1.82) is 0 Å². The van der Waals surface area contributed by atoms with Gasteiger partial charge in [-0.15, -0.1) is 0 Å². The molecule has 2 aromatic rings. The Labute approximate surface area is 185 Å². The third kappa shape index (κ3) is 5.88. The number of nitrogens with zero attached hydrogens (tertiary/aromatic N) is 2. The highest BCUT2D eigenvalue weighted by molar-refractivity contribution is 5.93. The van der Waals surface area contributed by atoms with Crippen LogP contribution in [0.2, 0.25) is 0 Å². The maximum absolute atomic E-state index is 12.6. The highest BCUT2D eigenvalue weighted by Gasteiger charge is 2.17. The Hall–Kier alpha value is -2.79. The van der Waals surface area contributed by atoms with E-state index in [1.54, 1.807) is 7.11 Å². The summed E-state index contributed by atoms with van der Waals surface area (Å²) in [7, 11) is 1.69. The molecule has 2 aromatic carbocycles. The second-order valence-corrected chi connectivity index (χ2v) is 8.46. The van der Waals surface area contributed by atoms with Crippen molar-refractivity contribution in [2.75, 3.05) is 38.2 Å². The minimum absolute atomic E-state index is 0.0566. The molecule has 31 heavy (non-hydrogen) atoms. The van der Waals surface area contributed by atoms with Gasteiger partial charge in [-0.1, -0.05) is 30.3 Å². The number of rotatable bonds is 7. The largest absolute Gasteiger partial charge is 0.497 e. The summed E-state index contributed by atoms with van der Waals surface area (Å²) in [6.45, 7) is 5.43. The maximum atomic E-state index is 12.6. The fraction of sp³-hybridized carbons (Fsp3) is 0.423. The summed E-state index contributed by atoms with van der Waals surface area (Å²) in [6, 6.07) is 16.8. The molecule has 5 nitrogen and oxygen atoms in total. The molecule has 0 spiro atoms. The van der Waals surface area contributed by atoms with E-state index in [0.717, 1.165) is 56.0 Å². The zero-order valence-corrected chi connectivity index (χ0v) is 18.5. The van der Waals surface area contributed by atoms with Gasteiger partial charge in [0.2, 0.25) is 5.91 Å². The van der Waals surface area contributed by atoms with E-state index in [1.807, 2.05) is 12.1 Å². The molecule has 0 aromatic heterocycles. The molecule has 1 fully saturated rings. The molecule has 5 heteroatoms. The smallest absolute Gasteiger partial charge is 0.247 e. The summed E-state index contributed by atoms with van der Waals surface area (Å²) in [4.78, 5) is 17.4. The Kier molecular flexibility index (Phi) is 7.26. The normalized spacial score (nSPS) is 17.2. The summed E-state index contributed by atoms with van der Waals surface area (Å²) < 4.78 is 5.31. The zero-order valence-electron chi connectivity index (χ0n) is 18.5. The number of anilines is 1. The van der Waals surface area contributed by atoms with E-state index >= 15 is 0 Å². The first-order valence-electron chi connectivity index (χ1n) is 11.4. The molecule has 0 aliphatic carbocycles. The molecule has 1 N–H and O–H groups in total. The number of amides is 1. The first-order valence-corrected chi connectivity index (χ1v) is 11.4. The van der Waals surface area contributed by atoms with Gasteiger partial charge in [0.25, 0.3) is 0 Å². The van der Waals surface area contributed by atoms with Crippen molar-refractivity contribution < 1.29 is 9.53 Å². The highest BCUT2D eigenvalue weighted by atomic mass is 16.5. The van der Waals surface area contributed by atoms with Crippen molar-refractivity contribution in [1.82, 2.24) is 10.2 Å². The Morgan fingerprint density at radius 3 is 2.52 bits per heavy atom. The van der Waals surface area contributed by atoms with Gasteiger partial charge in [0.1, 0.15) is 5.75 Å². The molecule has 2 aliphatic heterocycles. The summed E-state index contributed by atoms with van der Waals surface area (Å²) in [5.74, 6) is 0.940. The SMILES string of the molecule is COc1cccc(CN2CC=C(C(=O)NCc3ccc(N4CCCCC4)cc3)CC2)c1. The van der Waals surface area contributed by atoms with Crippen LogP contribution in [0, 0.1) is 0 Å². The number of carbonyl (C=O) groups is 1. The van der Waals surface area contributed by atoms with Gasteiger partial charge in [0.15, 0.2) is 0 Å². The third-order valence-corrected chi connectivity index (χ3v) is 6.24. The molecular formula is C26H33N3O2. The van der Waals surface area contributed by atoms with Crippen LogP contribution in [-0.4, -0.2) is 44.1 Å². The number of methoxy groups -OCH3 is 1. The van der Waals surface area contributed by atoms with Crippen molar-refractivity contribution in [3.63, 3.8) is 0 Å². The molecule has 2 aliphatic rings. The van der Waals surface area contributed by atoms with Gasteiger partial charge >= 0.3 is 0 Å². The molecule has 4 rings (SSSR count). The minimum Gasteiger partial charge on any atom is -0.497 e. The van der Waals surface area contributed by atoms with E-state index in [4.69, 9.17) is 4.74 Å². The molecule has 0 saturated carbocycles. The molecule has 1 saturated heterocycles. The minimum atomic E-state index is 0.0566. The van der Waals surface area contributed by atoms with E-state index < -0.39 is 0 Å². The van der Waals surface area contributed by atoms with Crippen molar-refractivity contribution in [2.45, 2.75) is 38.8 Å². The fourth-order valence-corrected chi connectivity index (χ4v) is 4.36. The van der Waals surface area contributed by atoms with Gasteiger partial charge in [-0.25, -0.2) is 0 Å². The van der Waals surface area contributed by atoms with E-state index in [0.29, 0.717) is 6.54 Å². The van der Waals surface area contributed by atoms with Gasteiger partial charge < -0.3 is 15.0 Å². The van der Waals surface area contributed by atoms with Gasteiger partial charge in [-0.3, -0.25) is 9.69 Å². The lowest BCUT2D eigenvalue weighted by atomic mass is 10.1. The van der Waals surface area contributed by atoms with Crippen LogP contribution in [0.25, 0.3) is 0 Å². The van der Waals surface area contributed by atoms with Crippen LogP contribution in [0.1, 0.15) is 36.8 Å². The molecule has 0 atom stereocenters. The Bertz CT molecular complexity index is 901. The Morgan fingerprint density at radius 1 is 1.00 bits per heavy atom. The molecule has 0 radical (unpaired) electrons. The number of nitrogens with one attached hydrogen (secondary N) is 1. The van der Waals surface area contributed by atoms with Gasteiger partial charge in [-0.2, -0.15) is 0 Å². The van der Waals surface area contributed by atoms with Crippen LogP contribution in [0.15, 0.2) is 60.2 Å². The average molecular weight is 420 g/mol. The molecule has 164 valence electrons. The van der Waals surface area contributed by atoms with E-state index in [2.05, 4.69) is 57.6 Å². The quantitative estimate of drug-likeness (QED) is 0.733. The second kappa shape index (κ2) is 10.5. The van der Waals surface area contributed by atoms with E-state index in [9.17, 15) is 4.79 Å². The summed E-state index contributed by atoms with van der Waals surface area (Å²) in [6.07, 6.45) is 6.76. The van der Waals surface area contributed by atoms with E-state index in [1.165, 1.54) is 30.5 Å². The zero-order chi connectivity index (χ0) is 21.5. The van der Waals surface area contributed by atoms with Crippen molar-refractivity contribution in [3.05, 3.63) is 71.3 Å². The summed E-state index contributed by atoms with van der Waals surface area (Å²) in [5, 5.41) is 3.09. The first kappa shape index (κ1) is 21.4. The van der Waals surface area contributed by atoms with Crippen molar-refractivity contribution in [3.8, 4) is 5.75 Å². The molecule has 0 bridgehead atoms. The molecular weight excluding hydrogens is 386 g/mol. The number of hydrogen-bond donors (Lipinski definition) is 1. The van der Waals surface area contributed by atoms with E-state index in [-0.39, 0.29) is 5.91 Å². The highest BCUT2D eigenvalue weighted by Crippen LogP contribution is 2.21. The lowest BCUT2D eigenvalue weighted by molar-refractivity contribution is -0.117. The number of piperidine rings is 1. The van der Waals surface area contributed by atoms with Crippen LogP contribution >= 0.6 is 0 Å². The van der Waals surface area contributed by atoms with Crippen molar-refractivity contribution >= 4 is 11.6 Å². The molecule has 1 amide bonds. The standard InChI is InChI=1S/C26H33N3O2/c1-31-25-7-5-6-22(18-25)20-28-16-12-23(13-17-28)26(30)27-19-21-8-10-24(11-9-21)29-14-3-2-4-15-29/h5-12,18H,2-4,13-17,19-20H2,1H3,(H,27,30). The lowest BCUT2D eigenvalue weighted by Gasteiger charge is -2.29. The molecule has 0 unspecified atom stereocenters. The number of ether oxygens (including phenoxy) is 1. The predicted molar refractivity (Wildman–Crippen MR) is 125 cm³/mol. The topological polar surface area (TPSA) is 44.8 Å². The van der Waals surface area contributed by atoms with Crippen LogP contribution in [0.3, 0.4) is 0 Å². The third-order valence-electron chi connectivity index (χ3n) is 6.24. The summed E-state index contributed by atoms with van der Waals surface area (Å²) >= 11 is 0. The van der Waals surface area contributed by atoms with Gasteiger partial charge in [0.05, 0.1) is 7.11 Å². The number of carbonyl (C=O) groups excluding carboxylic acids is 1. The van der Waals surface area contributed by atoms with Crippen LogP contribution in [-0.2, 0) is 17.9 Å². The lowest BCUT2D eigenvalue weighted by Crippen LogP contribution is -2.33. The number of hydrogen-bond acceptors (Lipinski definition) is 4. The summed E-state index contributed by atoms with van der Waals surface area (Å²) in [5.41, 5.74) is 4.56. The van der Waals surface area contributed by atoms with Crippen molar-refractivity contribution in [2.24, 2.45) is 0 Å². The van der Waals surface area contributed by atoms with Gasteiger partial charge in [0, 0.05) is 50.5 Å². The predicted octanol–water partition coefficient (Wildman–Crippen LogP) is 4.13. The Balaban J connectivity index is 1.24.